The summed E-state index contributed by atoms with van der Waals surface area (Å²) >= 11 is 0. The number of para-hydroxylation sites is 1. The number of benzene rings is 1. The fourth-order valence-electron chi connectivity index (χ4n) is 1.33. The Morgan fingerprint density at radius 3 is 2.41 bits per heavy atom. The Balaban J connectivity index is 3.44. The first kappa shape index (κ1) is 13.1. The van der Waals surface area contributed by atoms with Gasteiger partial charge in [0.05, 0.1) is 18.2 Å². The lowest BCUT2D eigenvalue weighted by molar-refractivity contribution is -0.139. The molecule has 0 spiro atoms. The molecule has 0 heterocycles. The maximum absolute atomic E-state index is 12.6. The summed E-state index contributed by atoms with van der Waals surface area (Å²) in [7, 11) is 1.04. The van der Waals surface area contributed by atoms with Gasteiger partial charge in [-0.2, -0.15) is 13.2 Å². The summed E-state index contributed by atoms with van der Waals surface area (Å²) < 4.78 is 42.5. The number of ether oxygens (including phenoxy) is 1. The van der Waals surface area contributed by atoms with E-state index >= 15 is 0 Å². The molecule has 92 valence electrons. The van der Waals surface area contributed by atoms with Crippen LogP contribution in [0.15, 0.2) is 24.8 Å². The van der Waals surface area contributed by atoms with Crippen LogP contribution in [0.1, 0.15) is 11.1 Å². The molecule has 17 heavy (non-hydrogen) atoms. The summed E-state index contributed by atoms with van der Waals surface area (Å²) in [6, 6.07) is 3.14. The monoisotopic (exact) mass is 246 g/mol. The van der Waals surface area contributed by atoms with E-state index in [9.17, 15) is 18.0 Å². The van der Waals surface area contributed by atoms with E-state index in [-0.39, 0.29) is 5.56 Å². The summed E-state index contributed by atoms with van der Waals surface area (Å²) in [6.45, 7) is 3.21. The number of aliphatic carboxylic acids is 1. The molecule has 6 heteroatoms. The van der Waals surface area contributed by atoms with Gasteiger partial charge in [-0.05, 0) is 6.07 Å². The molecular weight excluding hydrogens is 237 g/mol. The van der Waals surface area contributed by atoms with Crippen LogP contribution in [0.2, 0.25) is 0 Å². The molecule has 0 aliphatic heterocycles. The normalized spacial score (nSPS) is 11.1. The van der Waals surface area contributed by atoms with Gasteiger partial charge in [0.2, 0.25) is 0 Å². The van der Waals surface area contributed by atoms with Crippen molar-refractivity contribution in [1.82, 2.24) is 0 Å². The Morgan fingerprint density at radius 1 is 1.41 bits per heavy atom. The van der Waals surface area contributed by atoms with E-state index in [0.29, 0.717) is 0 Å². The smallest absolute Gasteiger partial charge is 0.419 e. The fourth-order valence-corrected chi connectivity index (χ4v) is 1.33. The van der Waals surface area contributed by atoms with Crippen molar-refractivity contribution in [2.75, 3.05) is 7.11 Å². The number of carboxylic acid groups (broad SMARTS) is 1. The van der Waals surface area contributed by atoms with Crippen LogP contribution in [-0.4, -0.2) is 18.2 Å². The lowest BCUT2D eigenvalue weighted by Gasteiger charge is -2.15. The summed E-state index contributed by atoms with van der Waals surface area (Å²) in [5.74, 6) is -1.94. The summed E-state index contributed by atoms with van der Waals surface area (Å²) in [5.41, 5.74) is -1.66. The zero-order chi connectivity index (χ0) is 13.2. The van der Waals surface area contributed by atoms with Gasteiger partial charge in [0.1, 0.15) is 5.75 Å². The minimum atomic E-state index is -4.61. The maximum atomic E-state index is 12.6. The van der Waals surface area contributed by atoms with Crippen molar-refractivity contribution in [3.8, 4) is 5.75 Å². The molecule has 0 saturated heterocycles. The quantitative estimate of drug-likeness (QED) is 0.834. The number of hydrogen-bond acceptors (Lipinski definition) is 2. The van der Waals surface area contributed by atoms with E-state index in [1.165, 1.54) is 6.07 Å². The van der Waals surface area contributed by atoms with Crippen LogP contribution in [0.25, 0.3) is 5.57 Å². The first-order valence-electron chi connectivity index (χ1n) is 4.45. The summed E-state index contributed by atoms with van der Waals surface area (Å²) in [5, 5.41) is 8.71. The van der Waals surface area contributed by atoms with Crippen LogP contribution in [0.4, 0.5) is 13.2 Å². The lowest BCUT2D eigenvalue weighted by atomic mass is 10.0. The van der Waals surface area contributed by atoms with Gasteiger partial charge in [0.25, 0.3) is 0 Å². The Hall–Kier alpha value is -1.98. The zero-order valence-electron chi connectivity index (χ0n) is 8.84. The first-order valence-corrected chi connectivity index (χ1v) is 4.45. The molecule has 0 saturated carbocycles. The van der Waals surface area contributed by atoms with Crippen molar-refractivity contribution >= 4 is 11.5 Å². The topological polar surface area (TPSA) is 46.5 Å². The van der Waals surface area contributed by atoms with Crippen molar-refractivity contribution in [2.24, 2.45) is 0 Å². The number of carbonyl (C=O) groups is 1. The third-order valence-electron chi connectivity index (χ3n) is 2.11. The molecule has 1 aromatic rings. The number of halogens is 3. The number of hydrogen-bond donors (Lipinski definition) is 1. The molecule has 0 radical (unpaired) electrons. The highest BCUT2D eigenvalue weighted by atomic mass is 19.4. The highest BCUT2D eigenvalue weighted by Gasteiger charge is 2.35. The van der Waals surface area contributed by atoms with Crippen LogP contribution in [0, 0.1) is 0 Å². The molecule has 1 aromatic carbocycles. The second-order valence-corrected chi connectivity index (χ2v) is 3.17. The Bertz CT molecular complexity index is 464. The van der Waals surface area contributed by atoms with Crippen molar-refractivity contribution in [3.63, 3.8) is 0 Å². The number of carboxylic acids is 1. The Morgan fingerprint density at radius 2 is 2.00 bits per heavy atom. The van der Waals surface area contributed by atoms with Gasteiger partial charge < -0.3 is 9.84 Å². The average Bonchev–Trinajstić information content (AvgIpc) is 2.25. The standard InChI is InChI=1S/C11H9F3O3/c1-6(10(15)16)7-4-3-5-8(9(7)17-2)11(12,13)14/h3-5H,1H2,2H3,(H,15,16). The molecule has 0 amide bonds. The van der Waals surface area contributed by atoms with Gasteiger partial charge in [-0.15, -0.1) is 0 Å². The van der Waals surface area contributed by atoms with Crippen LogP contribution < -0.4 is 4.74 Å². The highest BCUT2D eigenvalue weighted by Crippen LogP contribution is 2.39. The fraction of sp³-hybridized carbons (Fsp3) is 0.182. The molecule has 1 N–H and O–H groups in total. The molecule has 0 atom stereocenters. The second-order valence-electron chi connectivity index (χ2n) is 3.17. The molecule has 0 bridgehead atoms. The Labute approximate surface area is 95.1 Å². The molecule has 3 nitrogen and oxygen atoms in total. The first-order chi connectivity index (χ1) is 7.79. The van der Waals surface area contributed by atoms with E-state index in [0.717, 1.165) is 19.2 Å². The van der Waals surface area contributed by atoms with E-state index < -0.39 is 29.0 Å². The predicted molar refractivity (Wildman–Crippen MR) is 54.7 cm³/mol. The molecular formula is C11H9F3O3. The number of rotatable bonds is 3. The third-order valence-corrected chi connectivity index (χ3v) is 2.11. The van der Waals surface area contributed by atoms with Crippen LogP contribution in [0.5, 0.6) is 5.75 Å². The molecule has 0 aliphatic carbocycles. The van der Waals surface area contributed by atoms with E-state index in [1.54, 1.807) is 0 Å². The number of methoxy groups -OCH3 is 1. The van der Waals surface area contributed by atoms with Crippen molar-refractivity contribution in [3.05, 3.63) is 35.9 Å². The summed E-state index contributed by atoms with van der Waals surface area (Å²) in [6.07, 6.45) is -4.61. The van der Waals surface area contributed by atoms with E-state index in [4.69, 9.17) is 5.11 Å². The zero-order valence-corrected chi connectivity index (χ0v) is 8.84. The second kappa shape index (κ2) is 4.48. The minimum Gasteiger partial charge on any atom is -0.495 e. The van der Waals surface area contributed by atoms with Crippen LogP contribution >= 0.6 is 0 Å². The van der Waals surface area contributed by atoms with Crippen molar-refractivity contribution in [2.45, 2.75) is 6.18 Å². The molecule has 0 fully saturated rings. The predicted octanol–water partition coefficient (Wildman–Crippen LogP) is 2.81. The van der Waals surface area contributed by atoms with Gasteiger partial charge in [-0.1, -0.05) is 18.7 Å². The van der Waals surface area contributed by atoms with Crippen molar-refractivity contribution in [1.29, 1.82) is 0 Å². The van der Waals surface area contributed by atoms with Crippen LogP contribution in [0.3, 0.4) is 0 Å². The maximum Gasteiger partial charge on any atom is 0.419 e. The SMILES string of the molecule is C=C(C(=O)O)c1cccc(C(F)(F)F)c1OC. The minimum absolute atomic E-state index is 0.185. The van der Waals surface area contributed by atoms with Crippen molar-refractivity contribution < 1.29 is 27.8 Å². The van der Waals surface area contributed by atoms with E-state index in [2.05, 4.69) is 11.3 Å². The van der Waals surface area contributed by atoms with E-state index in [1.807, 2.05) is 0 Å². The Kier molecular flexibility index (Phi) is 3.45. The van der Waals surface area contributed by atoms with Gasteiger partial charge in [0.15, 0.2) is 0 Å². The molecule has 1 rings (SSSR count). The van der Waals surface area contributed by atoms with Gasteiger partial charge in [-0.25, -0.2) is 4.79 Å². The average molecular weight is 246 g/mol. The summed E-state index contributed by atoms with van der Waals surface area (Å²) in [4.78, 5) is 10.7. The molecule has 0 aliphatic rings. The largest absolute Gasteiger partial charge is 0.495 e. The number of alkyl halides is 3. The molecule has 0 unspecified atom stereocenters. The van der Waals surface area contributed by atoms with Gasteiger partial charge in [0, 0.05) is 5.56 Å². The third kappa shape index (κ3) is 2.58. The van der Waals surface area contributed by atoms with Gasteiger partial charge in [-0.3, -0.25) is 0 Å². The lowest BCUT2D eigenvalue weighted by Crippen LogP contribution is -2.10. The molecule has 0 aromatic heterocycles. The van der Waals surface area contributed by atoms with Crippen LogP contribution in [-0.2, 0) is 11.0 Å². The van der Waals surface area contributed by atoms with Gasteiger partial charge >= 0.3 is 12.1 Å². The highest BCUT2D eigenvalue weighted by molar-refractivity contribution is 6.15.